The van der Waals surface area contributed by atoms with E-state index in [2.05, 4.69) is 4.99 Å². The van der Waals surface area contributed by atoms with E-state index in [1.165, 1.54) is 12.1 Å². The summed E-state index contributed by atoms with van der Waals surface area (Å²) in [6, 6.07) is 4.94. The second kappa shape index (κ2) is 5.21. The van der Waals surface area contributed by atoms with Crippen LogP contribution in [0.2, 0.25) is 0 Å². The summed E-state index contributed by atoms with van der Waals surface area (Å²) < 4.78 is 36.9. The van der Waals surface area contributed by atoms with Crippen LogP contribution < -0.4 is 5.73 Å². The standard InChI is InChI=1S/C12H15F3N2/c1-8(2)11(16)17-7-9-3-5-10(6-4-9)12(13,14)15/h3-6,8H,7H2,1-2H3,(H2,16,17). The lowest BCUT2D eigenvalue weighted by Gasteiger charge is -2.07. The number of aliphatic imine (C=N–C) groups is 1. The summed E-state index contributed by atoms with van der Waals surface area (Å²) >= 11 is 0. The molecule has 0 aliphatic rings. The zero-order valence-electron chi connectivity index (χ0n) is 9.75. The van der Waals surface area contributed by atoms with Gasteiger partial charge in [0.1, 0.15) is 0 Å². The topological polar surface area (TPSA) is 38.4 Å². The Kier molecular flexibility index (Phi) is 4.15. The third-order valence-electron chi connectivity index (χ3n) is 2.32. The summed E-state index contributed by atoms with van der Waals surface area (Å²) in [6.45, 7) is 4.12. The number of alkyl halides is 3. The first-order chi connectivity index (χ1) is 7.80. The van der Waals surface area contributed by atoms with Crippen molar-refractivity contribution >= 4 is 5.84 Å². The molecule has 0 amide bonds. The quantitative estimate of drug-likeness (QED) is 0.643. The number of hydrogen-bond donors (Lipinski definition) is 1. The van der Waals surface area contributed by atoms with E-state index in [1.54, 1.807) is 0 Å². The molecule has 0 aliphatic carbocycles. The first-order valence-corrected chi connectivity index (χ1v) is 5.26. The van der Waals surface area contributed by atoms with E-state index >= 15 is 0 Å². The van der Waals surface area contributed by atoms with Crippen LogP contribution in [0.3, 0.4) is 0 Å². The van der Waals surface area contributed by atoms with Gasteiger partial charge in [0.05, 0.1) is 17.9 Å². The van der Waals surface area contributed by atoms with Gasteiger partial charge in [0.25, 0.3) is 0 Å². The first-order valence-electron chi connectivity index (χ1n) is 5.26. The molecule has 0 heterocycles. The fourth-order valence-electron chi connectivity index (χ4n) is 1.16. The molecule has 94 valence electrons. The van der Waals surface area contributed by atoms with Crippen LogP contribution in [0.25, 0.3) is 0 Å². The molecular weight excluding hydrogens is 229 g/mol. The van der Waals surface area contributed by atoms with Crippen LogP contribution in [0, 0.1) is 5.92 Å². The van der Waals surface area contributed by atoms with Crippen molar-refractivity contribution in [2.24, 2.45) is 16.6 Å². The van der Waals surface area contributed by atoms with Gasteiger partial charge in [0, 0.05) is 5.92 Å². The van der Waals surface area contributed by atoms with Crippen molar-refractivity contribution < 1.29 is 13.2 Å². The van der Waals surface area contributed by atoms with Crippen LogP contribution in [0.1, 0.15) is 25.0 Å². The average Bonchev–Trinajstić information content (AvgIpc) is 2.25. The third kappa shape index (κ3) is 4.09. The third-order valence-corrected chi connectivity index (χ3v) is 2.32. The monoisotopic (exact) mass is 244 g/mol. The van der Waals surface area contributed by atoms with Crippen LogP contribution in [0.5, 0.6) is 0 Å². The Morgan fingerprint density at radius 3 is 2.18 bits per heavy atom. The lowest BCUT2D eigenvalue weighted by molar-refractivity contribution is -0.137. The molecule has 5 heteroatoms. The van der Waals surface area contributed by atoms with Gasteiger partial charge in [-0.1, -0.05) is 26.0 Å². The zero-order chi connectivity index (χ0) is 13.1. The predicted octanol–water partition coefficient (Wildman–Crippen LogP) is 3.22. The van der Waals surface area contributed by atoms with Crippen LogP contribution in [0.15, 0.2) is 29.3 Å². The van der Waals surface area contributed by atoms with Crippen molar-refractivity contribution in [1.29, 1.82) is 0 Å². The van der Waals surface area contributed by atoms with Crippen molar-refractivity contribution in [3.63, 3.8) is 0 Å². The molecule has 0 unspecified atom stereocenters. The molecule has 0 saturated heterocycles. The van der Waals surface area contributed by atoms with Gasteiger partial charge >= 0.3 is 6.18 Å². The van der Waals surface area contributed by atoms with Gasteiger partial charge in [-0.25, -0.2) is 0 Å². The molecule has 0 aromatic heterocycles. The SMILES string of the molecule is CC(C)C(N)=NCc1ccc(C(F)(F)F)cc1. The zero-order valence-corrected chi connectivity index (χ0v) is 9.75. The number of nitrogens with two attached hydrogens (primary N) is 1. The minimum atomic E-state index is -4.29. The van der Waals surface area contributed by atoms with Crippen molar-refractivity contribution in [2.45, 2.75) is 26.6 Å². The molecule has 2 nitrogen and oxygen atoms in total. The van der Waals surface area contributed by atoms with Crippen molar-refractivity contribution in [3.05, 3.63) is 35.4 Å². The normalized spacial score (nSPS) is 13.2. The summed E-state index contributed by atoms with van der Waals surface area (Å²) in [7, 11) is 0. The number of halogens is 3. The highest BCUT2D eigenvalue weighted by atomic mass is 19.4. The lowest BCUT2D eigenvalue weighted by Crippen LogP contribution is -2.18. The number of benzene rings is 1. The van der Waals surface area contributed by atoms with Crippen molar-refractivity contribution in [3.8, 4) is 0 Å². The summed E-state index contributed by atoms with van der Waals surface area (Å²) in [5, 5.41) is 0. The predicted molar refractivity (Wildman–Crippen MR) is 61.6 cm³/mol. The molecule has 2 N–H and O–H groups in total. The molecule has 1 aromatic carbocycles. The van der Waals surface area contributed by atoms with Crippen LogP contribution in [0.4, 0.5) is 13.2 Å². The summed E-state index contributed by atoms with van der Waals surface area (Å²) in [5.74, 6) is 0.648. The van der Waals surface area contributed by atoms with Gasteiger partial charge < -0.3 is 5.73 Å². The summed E-state index contributed by atoms with van der Waals surface area (Å²) in [5.41, 5.74) is 5.69. The van der Waals surface area contributed by atoms with Gasteiger partial charge in [-0.2, -0.15) is 13.2 Å². The maximum absolute atomic E-state index is 12.3. The molecule has 0 aliphatic heterocycles. The average molecular weight is 244 g/mol. The van der Waals surface area contributed by atoms with E-state index in [9.17, 15) is 13.2 Å². The Bertz CT molecular complexity index is 391. The van der Waals surface area contributed by atoms with Crippen LogP contribution in [-0.4, -0.2) is 5.84 Å². The van der Waals surface area contributed by atoms with Crippen molar-refractivity contribution in [1.82, 2.24) is 0 Å². The number of amidine groups is 1. The molecule has 0 saturated carbocycles. The van der Waals surface area contributed by atoms with Crippen molar-refractivity contribution in [2.75, 3.05) is 0 Å². The Morgan fingerprint density at radius 1 is 1.24 bits per heavy atom. The molecule has 0 fully saturated rings. The van der Waals surface area contributed by atoms with Gasteiger partial charge in [0.2, 0.25) is 0 Å². The molecule has 0 atom stereocenters. The Balaban J connectivity index is 2.73. The molecule has 1 rings (SSSR count). The highest BCUT2D eigenvalue weighted by molar-refractivity contribution is 5.82. The van der Waals surface area contributed by atoms with Gasteiger partial charge in [-0.15, -0.1) is 0 Å². The van der Waals surface area contributed by atoms with Crippen LogP contribution >= 0.6 is 0 Å². The number of nitrogens with zero attached hydrogens (tertiary/aromatic N) is 1. The van der Waals surface area contributed by atoms with E-state index in [0.717, 1.165) is 12.1 Å². The molecule has 1 aromatic rings. The Morgan fingerprint density at radius 2 is 1.76 bits per heavy atom. The molecule has 17 heavy (non-hydrogen) atoms. The second-order valence-corrected chi connectivity index (χ2v) is 4.09. The molecule has 0 bridgehead atoms. The van der Waals surface area contributed by atoms with Gasteiger partial charge in [-0.05, 0) is 17.7 Å². The minimum Gasteiger partial charge on any atom is -0.387 e. The summed E-state index contributed by atoms with van der Waals surface area (Å²) in [4.78, 5) is 4.10. The maximum atomic E-state index is 12.3. The second-order valence-electron chi connectivity index (χ2n) is 4.09. The number of hydrogen-bond acceptors (Lipinski definition) is 1. The Hall–Kier alpha value is -1.52. The van der Waals surface area contributed by atoms with Crippen LogP contribution in [-0.2, 0) is 12.7 Å². The van der Waals surface area contributed by atoms with Gasteiger partial charge in [-0.3, -0.25) is 4.99 Å². The maximum Gasteiger partial charge on any atom is 0.416 e. The van der Waals surface area contributed by atoms with Gasteiger partial charge in [0.15, 0.2) is 0 Å². The van der Waals surface area contributed by atoms with E-state index in [-0.39, 0.29) is 5.92 Å². The minimum absolute atomic E-state index is 0.143. The van der Waals surface area contributed by atoms with E-state index in [1.807, 2.05) is 13.8 Å². The fraction of sp³-hybridized carbons (Fsp3) is 0.417. The van der Waals surface area contributed by atoms with E-state index in [0.29, 0.717) is 17.9 Å². The molecular formula is C12H15F3N2. The molecule has 0 spiro atoms. The van der Waals surface area contributed by atoms with E-state index < -0.39 is 11.7 Å². The first kappa shape index (κ1) is 13.5. The highest BCUT2D eigenvalue weighted by Gasteiger charge is 2.29. The lowest BCUT2D eigenvalue weighted by atomic mass is 10.1. The van der Waals surface area contributed by atoms with E-state index in [4.69, 9.17) is 5.73 Å². The number of rotatable bonds is 3. The smallest absolute Gasteiger partial charge is 0.387 e. The fourth-order valence-corrected chi connectivity index (χ4v) is 1.16. The highest BCUT2D eigenvalue weighted by Crippen LogP contribution is 2.29. The molecule has 0 radical (unpaired) electrons. The summed E-state index contributed by atoms with van der Waals surface area (Å²) in [6.07, 6.45) is -4.29. The largest absolute Gasteiger partial charge is 0.416 e. The Labute approximate surface area is 98.4 Å².